The lowest BCUT2D eigenvalue weighted by molar-refractivity contribution is -0.117. The number of carbonyl (C=O) groups is 2. The Kier molecular flexibility index (Phi) is 4.11. The molecule has 0 spiro atoms. The first-order valence-corrected chi connectivity index (χ1v) is 5.82. The minimum Gasteiger partial charge on any atom is -0.465 e. The average Bonchev–Trinajstić information content (AvgIpc) is 2.27. The standard InChI is InChI=1S/C14H19NO3/c1-13(2,3)14(10-16,15-12(17)18)9-11-7-5-4-6-8-11/h4-8,10,15H,9H2,1-3H3,(H,17,18)/t14-/m1/s1. The zero-order valence-corrected chi connectivity index (χ0v) is 10.9. The monoisotopic (exact) mass is 249 g/mol. The van der Waals surface area contributed by atoms with Crippen LogP contribution >= 0.6 is 0 Å². The van der Waals surface area contributed by atoms with Crippen LogP contribution in [0.1, 0.15) is 26.3 Å². The molecule has 2 N–H and O–H groups in total. The number of carbonyl (C=O) groups excluding carboxylic acids is 1. The van der Waals surface area contributed by atoms with Crippen LogP contribution in [0.3, 0.4) is 0 Å². The SMILES string of the molecule is CC(C)(C)[C@](C=O)(Cc1ccccc1)NC(=O)O. The Morgan fingerprint density at radius 2 is 1.83 bits per heavy atom. The van der Waals surface area contributed by atoms with Crippen molar-refractivity contribution in [1.82, 2.24) is 5.32 Å². The van der Waals surface area contributed by atoms with E-state index < -0.39 is 17.0 Å². The summed E-state index contributed by atoms with van der Waals surface area (Å²) in [6, 6.07) is 9.39. The molecule has 0 bridgehead atoms. The maximum absolute atomic E-state index is 11.5. The highest BCUT2D eigenvalue weighted by atomic mass is 16.4. The normalized spacial score (nSPS) is 14.6. The second kappa shape index (κ2) is 5.21. The van der Waals surface area contributed by atoms with Crippen molar-refractivity contribution in [2.45, 2.75) is 32.7 Å². The average molecular weight is 249 g/mol. The van der Waals surface area contributed by atoms with E-state index in [2.05, 4.69) is 5.32 Å². The van der Waals surface area contributed by atoms with Crippen molar-refractivity contribution in [1.29, 1.82) is 0 Å². The summed E-state index contributed by atoms with van der Waals surface area (Å²) in [6.07, 6.45) is -0.144. The summed E-state index contributed by atoms with van der Waals surface area (Å²) in [5.41, 5.74) is -0.711. The molecule has 0 heterocycles. The summed E-state index contributed by atoms with van der Waals surface area (Å²) in [7, 11) is 0. The fourth-order valence-corrected chi connectivity index (χ4v) is 1.85. The summed E-state index contributed by atoms with van der Waals surface area (Å²) in [5.74, 6) is 0. The minimum atomic E-state index is -1.19. The quantitative estimate of drug-likeness (QED) is 0.806. The third kappa shape index (κ3) is 3.09. The topological polar surface area (TPSA) is 66.4 Å². The van der Waals surface area contributed by atoms with Crippen LogP contribution in [0, 0.1) is 5.41 Å². The van der Waals surface area contributed by atoms with E-state index in [9.17, 15) is 9.59 Å². The number of rotatable bonds is 4. The second-order valence-electron chi connectivity index (χ2n) is 5.43. The van der Waals surface area contributed by atoms with Gasteiger partial charge in [0.25, 0.3) is 0 Å². The van der Waals surface area contributed by atoms with Crippen LogP contribution in [0.15, 0.2) is 30.3 Å². The van der Waals surface area contributed by atoms with Crippen molar-refractivity contribution in [3.8, 4) is 0 Å². The second-order valence-corrected chi connectivity index (χ2v) is 5.43. The van der Waals surface area contributed by atoms with Gasteiger partial charge in [-0.3, -0.25) is 0 Å². The first-order valence-electron chi connectivity index (χ1n) is 5.82. The van der Waals surface area contributed by atoms with Gasteiger partial charge in [0.2, 0.25) is 0 Å². The van der Waals surface area contributed by atoms with E-state index in [0.29, 0.717) is 12.7 Å². The molecule has 4 heteroatoms. The number of benzene rings is 1. The van der Waals surface area contributed by atoms with E-state index in [1.807, 2.05) is 51.1 Å². The number of carboxylic acid groups (broad SMARTS) is 1. The largest absolute Gasteiger partial charge is 0.465 e. The number of hydrogen-bond acceptors (Lipinski definition) is 2. The third-order valence-corrected chi connectivity index (χ3v) is 3.20. The summed E-state index contributed by atoms with van der Waals surface area (Å²) >= 11 is 0. The van der Waals surface area contributed by atoms with Gasteiger partial charge >= 0.3 is 6.09 Å². The molecule has 1 aromatic rings. The number of nitrogens with one attached hydrogen (secondary N) is 1. The Hall–Kier alpha value is -1.84. The van der Waals surface area contributed by atoms with Crippen molar-refractivity contribution in [3.63, 3.8) is 0 Å². The molecule has 4 nitrogen and oxygen atoms in total. The summed E-state index contributed by atoms with van der Waals surface area (Å²) in [5, 5.41) is 11.3. The van der Waals surface area contributed by atoms with Gasteiger partial charge in [0.05, 0.1) is 0 Å². The third-order valence-electron chi connectivity index (χ3n) is 3.20. The predicted molar refractivity (Wildman–Crippen MR) is 69.6 cm³/mol. The molecule has 0 aliphatic carbocycles. The Morgan fingerprint density at radius 1 is 1.28 bits per heavy atom. The van der Waals surface area contributed by atoms with Crippen LogP contribution in [0.4, 0.5) is 4.79 Å². The van der Waals surface area contributed by atoms with E-state index in [1.165, 1.54) is 0 Å². The molecule has 0 unspecified atom stereocenters. The molecule has 0 aromatic heterocycles. The molecule has 1 aromatic carbocycles. The molecule has 1 rings (SSSR count). The molecule has 0 aliphatic rings. The highest BCUT2D eigenvalue weighted by Crippen LogP contribution is 2.32. The first-order chi connectivity index (χ1) is 8.31. The summed E-state index contributed by atoms with van der Waals surface area (Å²) in [4.78, 5) is 22.4. The first kappa shape index (κ1) is 14.2. The zero-order valence-electron chi connectivity index (χ0n) is 10.9. The maximum Gasteiger partial charge on any atom is 0.405 e. The number of hydrogen-bond donors (Lipinski definition) is 2. The Labute approximate surface area is 107 Å². The van der Waals surface area contributed by atoms with Crippen LogP contribution in [0.2, 0.25) is 0 Å². The highest BCUT2D eigenvalue weighted by molar-refractivity contribution is 5.76. The zero-order chi connectivity index (χ0) is 13.8. The number of aldehydes is 1. The van der Waals surface area contributed by atoms with E-state index >= 15 is 0 Å². The predicted octanol–water partition coefficient (Wildman–Crippen LogP) is 2.48. The van der Waals surface area contributed by atoms with Gasteiger partial charge in [-0.2, -0.15) is 0 Å². The molecule has 0 saturated heterocycles. The van der Waals surface area contributed by atoms with Gasteiger partial charge in [-0.25, -0.2) is 4.79 Å². The van der Waals surface area contributed by atoms with Crippen LogP contribution in [0.25, 0.3) is 0 Å². The van der Waals surface area contributed by atoms with Gasteiger partial charge in [-0.1, -0.05) is 51.1 Å². The molecule has 98 valence electrons. The minimum absolute atomic E-state index is 0.340. The van der Waals surface area contributed by atoms with Gasteiger partial charge in [0.1, 0.15) is 11.8 Å². The fraction of sp³-hybridized carbons (Fsp3) is 0.429. The van der Waals surface area contributed by atoms with E-state index in [4.69, 9.17) is 5.11 Å². The Bertz CT molecular complexity index is 422. The van der Waals surface area contributed by atoms with Gasteiger partial charge in [-0.15, -0.1) is 0 Å². The van der Waals surface area contributed by atoms with Crippen molar-refractivity contribution in [2.75, 3.05) is 0 Å². The van der Waals surface area contributed by atoms with Crippen LogP contribution in [0.5, 0.6) is 0 Å². The van der Waals surface area contributed by atoms with Crippen LogP contribution in [-0.4, -0.2) is 23.0 Å². The van der Waals surface area contributed by atoms with Crippen molar-refractivity contribution in [2.24, 2.45) is 5.41 Å². The van der Waals surface area contributed by atoms with Gasteiger partial charge in [0, 0.05) is 6.42 Å². The maximum atomic E-state index is 11.5. The van der Waals surface area contributed by atoms with Gasteiger partial charge in [-0.05, 0) is 11.0 Å². The lowest BCUT2D eigenvalue weighted by Gasteiger charge is -2.40. The summed E-state index contributed by atoms with van der Waals surface area (Å²) < 4.78 is 0. The smallest absolute Gasteiger partial charge is 0.405 e. The van der Waals surface area contributed by atoms with Gasteiger partial charge < -0.3 is 15.2 Å². The molecular formula is C14H19NO3. The van der Waals surface area contributed by atoms with Crippen molar-refractivity contribution in [3.05, 3.63) is 35.9 Å². The van der Waals surface area contributed by atoms with E-state index in [-0.39, 0.29) is 0 Å². The van der Waals surface area contributed by atoms with Crippen LogP contribution in [-0.2, 0) is 11.2 Å². The highest BCUT2D eigenvalue weighted by Gasteiger charge is 2.43. The Morgan fingerprint density at radius 3 is 2.22 bits per heavy atom. The molecule has 0 fully saturated rings. The summed E-state index contributed by atoms with van der Waals surface area (Å²) in [6.45, 7) is 5.54. The fourth-order valence-electron chi connectivity index (χ4n) is 1.85. The lowest BCUT2D eigenvalue weighted by atomic mass is 9.71. The molecule has 0 aliphatic heterocycles. The van der Waals surface area contributed by atoms with Crippen molar-refractivity contribution < 1.29 is 14.7 Å². The van der Waals surface area contributed by atoms with Gasteiger partial charge in [0.15, 0.2) is 0 Å². The molecule has 1 amide bonds. The van der Waals surface area contributed by atoms with Crippen molar-refractivity contribution >= 4 is 12.4 Å². The van der Waals surface area contributed by atoms with E-state index in [1.54, 1.807) is 0 Å². The lowest BCUT2D eigenvalue weighted by Crippen LogP contribution is -2.59. The molecule has 0 radical (unpaired) electrons. The molecule has 18 heavy (non-hydrogen) atoms. The molecule has 1 atom stereocenters. The van der Waals surface area contributed by atoms with Crippen LogP contribution < -0.4 is 5.32 Å². The molecular weight excluding hydrogens is 230 g/mol. The molecule has 0 saturated carbocycles. The number of amides is 1. The van der Waals surface area contributed by atoms with E-state index in [0.717, 1.165) is 5.56 Å². The Balaban J connectivity index is 3.11.